The number of rotatable bonds is 14. The fourth-order valence-corrected chi connectivity index (χ4v) is 8.56. The fraction of sp³-hybridized carbons (Fsp3) is 0.349. The largest absolute Gasteiger partial charge is 0.497 e. The van der Waals surface area contributed by atoms with Crippen molar-refractivity contribution in [1.29, 1.82) is 0 Å². The van der Waals surface area contributed by atoms with Gasteiger partial charge in [0.05, 0.1) is 29.8 Å². The lowest BCUT2D eigenvalue weighted by Gasteiger charge is -2.32. The lowest BCUT2D eigenvalue weighted by atomic mass is 10.1. The van der Waals surface area contributed by atoms with Crippen LogP contribution in [0.5, 0.6) is 11.5 Å². The molecule has 61 heavy (non-hydrogen) atoms. The lowest BCUT2D eigenvalue weighted by molar-refractivity contribution is -0.147. The Hall–Kier alpha value is -6.04. The monoisotopic (exact) mass is 874 g/mol. The normalized spacial score (nSPS) is 20.2. The molecule has 1 saturated heterocycles. The number of imide groups is 1. The molecule has 5 amide bonds. The van der Waals surface area contributed by atoms with Gasteiger partial charge in [0.25, 0.3) is 21.8 Å². The molecule has 5 atom stereocenters. The minimum absolute atomic E-state index is 0.0221. The molecule has 1 aromatic heterocycles. The zero-order chi connectivity index (χ0) is 44.3. The van der Waals surface area contributed by atoms with Crippen LogP contribution in [-0.2, 0) is 33.9 Å². The average Bonchev–Trinajstić information content (AvgIpc) is 3.75. The number of carbonyl (C=O) groups excluding carboxylic acids is 5. The molecule has 4 aromatic rings. The number of alkyl halides is 1. The summed E-state index contributed by atoms with van der Waals surface area (Å²) < 4.78 is 46.4. The first-order valence-corrected chi connectivity index (χ1v) is 21.3. The average molecular weight is 875 g/mol. The number of nitrogens with one attached hydrogen (secondary N) is 2. The Balaban J connectivity index is 1.45. The molecule has 2 fully saturated rings. The number of hydrogen-bond acceptors (Lipinski definition) is 12. The molecule has 1 unspecified atom stereocenters. The van der Waals surface area contributed by atoms with Crippen molar-refractivity contribution in [1.82, 2.24) is 24.8 Å². The predicted molar refractivity (Wildman–Crippen MR) is 226 cm³/mol. The molecule has 4 N–H and O–H groups in total. The van der Waals surface area contributed by atoms with Crippen molar-refractivity contribution in [3.05, 3.63) is 97.6 Å². The highest BCUT2D eigenvalue weighted by atomic mass is 35.5. The highest BCUT2D eigenvalue weighted by Crippen LogP contribution is 2.45. The number of amides is 5. The number of alkyl carbamates (subject to hydrolysis) is 1. The van der Waals surface area contributed by atoms with Crippen LogP contribution in [-0.4, -0.2) is 108 Å². The number of aromatic nitrogens is 1. The number of ether oxygens (including phenoxy) is 3. The van der Waals surface area contributed by atoms with Crippen molar-refractivity contribution in [2.24, 2.45) is 11.7 Å². The Morgan fingerprint density at radius 3 is 2.33 bits per heavy atom. The quantitative estimate of drug-likeness (QED) is 0.0926. The van der Waals surface area contributed by atoms with Crippen molar-refractivity contribution < 1.29 is 46.6 Å². The molecular weight excluding hydrogens is 828 g/mol. The van der Waals surface area contributed by atoms with Gasteiger partial charge in [-0.05, 0) is 51.5 Å². The van der Waals surface area contributed by atoms with Crippen LogP contribution in [0.15, 0.2) is 102 Å². The van der Waals surface area contributed by atoms with Gasteiger partial charge in [-0.1, -0.05) is 54.6 Å². The van der Waals surface area contributed by atoms with Crippen LogP contribution in [0.25, 0.3) is 22.2 Å². The van der Waals surface area contributed by atoms with Gasteiger partial charge >= 0.3 is 6.09 Å². The van der Waals surface area contributed by atoms with Gasteiger partial charge < -0.3 is 35.5 Å². The number of nitrogens with zero attached hydrogens (tertiary/aromatic N) is 3. The van der Waals surface area contributed by atoms with Crippen molar-refractivity contribution in [3.63, 3.8) is 0 Å². The molecule has 322 valence electrons. The smallest absolute Gasteiger partial charge is 0.408 e. The summed E-state index contributed by atoms with van der Waals surface area (Å²) in [6.07, 6.45) is -0.932. The van der Waals surface area contributed by atoms with E-state index in [-0.39, 0.29) is 28.6 Å². The van der Waals surface area contributed by atoms with E-state index < -0.39 is 87.4 Å². The number of likely N-dealkylation sites (tertiary alicyclic amines) is 1. The van der Waals surface area contributed by atoms with E-state index in [9.17, 15) is 27.6 Å². The summed E-state index contributed by atoms with van der Waals surface area (Å²) in [6.45, 7) is 7.68. The number of methoxy groups -OCH3 is 1. The molecule has 1 saturated carbocycles. The van der Waals surface area contributed by atoms with Gasteiger partial charge in [0.1, 0.15) is 46.7 Å². The predicted octanol–water partition coefficient (Wildman–Crippen LogP) is 4.15. The first-order valence-electron chi connectivity index (χ1n) is 19.3. The summed E-state index contributed by atoms with van der Waals surface area (Å²) in [6, 6.07) is 19.8. The van der Waals surface area contributed by atoms with Crippen molar-refractivity contribution in [2.75, 3.05) is 26.1 Å². The first kappa shape index (κ1) is 44.5. The molecular formula is C43H47ClN6O10S. The number of nitrogens with two attached hydrogens (primary N) is 1. The van der Waals surface area contributed by atoms with Crippen LogP contribution in [0.4, 0.5) is 4.79 Å². The van der Waals surface area contributed by atoms with Gasteiger partial charge in [0.15, 0.2) is 0 Å². The molecule has 0 bridgehead atoms. The van der Waals surface area contributed by atoms with Crippen molar-refractivity contribution in [3.8, 4) is 22.8 Å². The Morgan fingerprint density at radius 1 is 1.05 bits per heavy atom. The summed E-state index contributed by atoms with van der Waals surface area (Å²) in [4.78, 5) is 75.0. The Labute approximate surface area is 358 Å². The zero-order valence-corrected chi connectivity index (χ0v) is 35.6. The first-order chi connectivity index (χ1) is 28.9. The molecule has 2 heterocycles. The molecule has 18 heteroatoms. The van der Waals surface area contributed by atoms with E-state index in [1.165, 1.54) is 37.5 Å². The van der Waals surface area contributed by atoms with E-state index in [0.717, 1.165) is 10.5 Å². The van der Waals surface area contributed by atoms with Crippen LogP contribution in [0.3, 0.4) is 0 Å². The number of fused-ring (bicyclic) bond motifs is 1. The topological polar surface area (TPSA) is 217 Å². The van der Waals surface area contributed by atoms with Gasteiger partial charge in [-0.15, -0.1) is 18.2 Å². The summed E-state index contributed by atoms with van der Waals surface area (Å²) in [7, 11) is -3.41. The number of sulfonamides is 1. The standard InChI is InChI=1S/C43H47ClN6O10S/c1-6-27-22-43(27,45)40(54)50(61(56,57)30-15-11-8-12-16-30)39(53)35-20-29(25-49(35)38(52)34(24-46-37(51)23-44)48-41(55)60-42(2,3)4)59-36-21-32(26-13-9-7-10-14-26)47-33-19-28(58-5)17-18-31(33)36/h6-19,21,27,29,34-35H,1,20,22-25,45H2,2-5H3,(H,46,51)(H,48,55)/t27-,29?,34+,35+,43-/m1/s1. The van der Waals surface area contributed by atoms with Crippen LogP contribution >= 0.6 is 11.6 Å². The van der Waals surface area contributed by atoms with E-state index in [0.29, 0.717) is 28.1 Å². The van der Waals surface area contributed by atoms with Gasteiger partial charge in [-0.2, -0.15) is 4.31 Å². The maximum Gasteiger partial charge on any atom is 0.408 e. The maximum atomic E-state index is 15.0. The van der Waals surface area contributed by atoms with Crippen molar-refractivity contribution in [2.45, 2.75) is 67.8 Å². The van der Waals surface area contributed by atoms with Crippen molar-refractivity contribution >= 4 is 62.2 Å². The van der Waals surface area contributed by atoms with Crippen LogP contribution in [0.1, 0.15) is 33.6 Å². The summed E-state index contributed by atoms with van der Waals surface area (Å²) in [5, 5.41) is 5.48. The molecule has 2 aliphatic rings. The molecule has 3 aromatic carbocycles. The minimum atomic E-state index is -4.93. The minimum Gasteiger partial charge on any atom is -0.497 e. The van der Waals surface area contributed by atoms with E-state index in [1.807, 2.05) is 30.3 Å². The Bertz CT molecular complexity index is 2450. The number of hydrogen-bond donors (Lipinski definition) is 3. The number of carbonyl (C=O) groups is 5. The highest BCUT2D eigenvalue weighted by Gasteiger charge is 2.61. The summed E-state index contributed by atoms with van der Waals surface area (Å²) in [5.41, 5.74) is 5.47. The van der Waals surface area contributed by atoms with E-state index >= 15 is 4.79 Å². The maximum absolute atomic E-state index is 15.0. The second kappa shape index (κ2) is 17.9. The third-order valence-electron chi connectivity index (χ3n) is 10.2. The molecule has 6 rings (SSSR count). The Morgan fingerprint density at radius 2 is 1.72 bits per heavy atom. The zero-order valence-electron chi connectivity index (χ0n) is 34.0. The number of pyridine rings is 1. The molecule has 1 aliphatic carbocycles. The SMILES string of the molecule is C=C[C@@H]1C[C@]1(N)C(=O)N(C(=O)[C@@H]1CC(Oc2cc(-c3ccccc3)nc3cc(OC)ccc23)CN1C(=O)[C@H](CNC(=O)CCl)NC(=O)OC(C)(C)C)S(=O)(=O)c1ccccc1. The molecule has 16 nitrogen and oxygen atoms in total. The number of benzene rings is 3. The van der Waals surface area contributed by atoms with Gasteiger partial charge in [0, 0.05) is 42.0 Å². The second-order valence-electron chi connectivity index (χ2n) is 15.7. The molecule has 0 radical (unpaired) electrons. The van der Waals surface area contributed by atoms with E-state index in [2.05, 4.69) is 17.2 Å². The van der Waals surface area contributed by atoms with Crippen LogP contribution in [0.2, 0.25) is 0 Å². The summed E-state index contributed by atoms with van der Waals surface area (Å²) in [5.74, 6) is -4.35. The fourth-order valence-electron chi connectivity index (χ4n) is 7.01. The lowest BCUT2D eigenvalue weighted by Crippen LogP contribution is -2.60. The third kappa shape index (κ3) is 9.79. The Kier molecular flexibility index (Phi) is 13.1. The summed E-state index contributed by atoms with van der Waals surface area (Å²) >= 11 is 5.72. The number of halogens is 1. The van der Waals surface area contributed by atoms with Crippen LogP contribution < -0.4 is 25.8 Å². The second-order valence-corrected chi connectivity index (χ2v) is 17.7. The van der Waals surface area contributed by atoms with Gasteiger partial charge in [-0.3, -0.25) is 19.2 Å². The van der Waals surface area contributed by atoms with Gasteiger partial charge in [0.2, 0.25) is 11.8 Å². The third-order valence-corrected chi connectivity index (χ3v) is 12.1. The van der Waals surface area contributed by atoms with Gasteiger partial charge in [-0.25, -0.2) is 18.2 Å². The molecule has 0 spiro atoms. The van der Waals surface area contributed by atoms with E-state index in [1.54, 1.807) is 51.1 Å². The highest BCUT2D eigenvalue weighted by molar-refractivity contribution is 7.90. The molecule has 1 aliphatic heterocycles. The van der Waals surface area contributed by atoms with Crippen LogP contribution in [0, 0.1) is 5.92 Å². The van der Waals surface area contributed by atoms with E-state index in [4.69, 9.17) is 36.5 Å².